The second kappa shape index (κ2) is 4.22. The van der Waals surface area contributed by atoms with E-state index in [-0.39, 0.29) is 24.0 Å². The van der Waals surface area contributed by atoms with Crippen molar-refractivity contribution in [1.82, 2.24) is 10.4 Å². The summed E-state index contributed by atoms with van der Waals surface area (Å²) in [5.74, 6) is 0.205. The van der Waals surface area contributed by atoms with Crippen molar-refractivity contribution in [1.29, 1.82) is 0 Å². The van der Waals surface area contributed by atoms with Crippen molar-refractivity contribution in [2.75, 3.05) is 18.1 Å². The van der Waals surface area contributed by atoms with Gasteiger partial charge in [-0.1, -0.05) is 0 Å². The highest BCUT2D eigenvalue weighted by atomic mass is 32.2. The molecule has 0 aromatic rings. The van der Waals surface area contributed by atoms with Gasteiger partial charge in [0.1, 0.15) is 9.84 Å². The van der Waals surface area contributed by atoms with Gasteiger partial charge in [0, 0.05) is 12.0 Å². The summed E-state index contributed by atoms with van der Waals surface area (Å²) in [7, 11) is -2.92. The Hall–Kier alpha value is -0.660. The summed E-state index contributed by atoms with van der Waals surface area (Å²) >= 11 is 0. The average molecular weight is 262 g/mol. The van der Waals surface area contributed by atoms with Crippen molar-refractivity contribution in [2.24, 2.45) is 0 Å². The van der Waals surface area contributed by atoms with Crippen molar-refractivity contribution in [2.45, 2.75) is 37.8 Å². The molecule has 2 aliphatic heterocycles. The molecule has 6 nitrogen and oxygen atoms in total. The van der Waals surface area contributed by atoms with Gasteiger partial charge in [0.05, 0.1) is 24.2 Å². The zero-order valence-electron chi connectivity index (χ0n) is 9.85. The fraction of sp³-hybridized carbons (Fsp3) is 0.900. The van der Waals surface area contributed by atoms with Crippen molar-refractivity contribution >= 4 is 15.7 Å². The number of hydrogen-bond donors (Lipinski definition) is 2. The van der Waals surface area contributed by atoms with Crippen LogP contribution in [-0.4, -0.2) is 54.1 Å². The molecular weight excluding hydrogens is 244 g/mol. The number of amides is 1. The number of carbonyl (C=O) groups is 1. The number of hydrazine groups is 1. The predicted molar refractivity (Wildman–Crippen MR) is 61.8 cm³/mol. The third-order valence-corrected chi connectivity index (χ3v) is 5.05. The quantitative estimate of drug-likeness (QED) is 0.670. The summed E-state index contributed by atoms with van der Waals surface area (Å²) in [6, 6.07) is 0. The van der Waals surface area contributed by atoms with Gasteiger partial charge in [0.25, 0.3) is 0 Å². The maximum absolute atomic E-state index is 11.7. The monoisotopic (exact) mass is 262 g/mol. The molecule has 0 radical (unpaired) electrons. The molecule has 0 bridgehead atoms. The molecule has 1 amide bonds. The van der Waals surface area contributed by atoms with Crippen LogP contribution in [0.3, 0.4) is 0 Å². The molecule has 1 spiro atoms. The first-order valence-electron chi connectivity index (χ1n) is 5.79. The Morgan fingerprint density at radius 1 is 1.47 bits per heavy atom. The van der Waals surface area contributed by atoms with Gasteiger partial charge in [-0.2, -0.15) is 0 Å². The molecule has 2 N–H and O–H groups in total. The molecule has 17 heavy (non-hydrogen) atoms. The number of aliphatic hydroxyl groups excluding tert-OH is 1. The van der Waals surface area contributed by atoms with Crippen LogP contribution in [0.15, 0.2) is 0 Å². The van der Waals surface area contributed by atoms with Crippen LogP contribution in [0.4, 0.5) is 0 Å². The van der Waals surface area contributed by atoms with Crippen LogP contribution in [0.5, 0.6) is 0 Å². The lowest BCUT2D eigenvalue weighted by Gasteiger charge is -2.33. The summed E-state index contributed by atoms with van der Waals surface area (Å²) in [6.07, 6.45) is 0.679. The van der Waals surface area contributed by atoms with Crippen molar-refractivity contribution in [3.63, 3.8) is 0 Å². The molecule has 1 unspecified atom stereocenters. The molecule has 0 saturated carbocycles. The zero-order valence-corrected chi connectivity index (χ0v) is 10.7. The highest BCUT2D eigenvalue weighted by Gasteiger charge is 2.46. The van der Waals surface area contributed by atoms with E-state index in [4.69, 9.17) is 0 Å². The lowest BCUT2D eigenvalue weighted by molar-refractivity contribution is -0.130. The standard InChI is InChI=1S/C10H18N2O4S/c1-8(13)7-12-9(14)6-10(11-12)2-4-17(15,16)5-3-10/h8,11,13H,2-7H2,1H3. The van der Waals surface area contributed by atoms with Gasteiger partial charge < -0.3 is 5.11 Å². The Labute approximate surface area is 101 Å². The van der Waals surface area contributed by atoms with E-state index in [9.17, 15) is 18.3 Å². The molecular formula is C10H18N2O4S. The van der Waals surface area contributed by atoms with Gasteiger partial charge in [-0.3, -0.25) is 9.80 Å². The third kappa shape index (κ3) is 2.78. The molecule has 0 aliphatic carbocycles. The SMILES string of the molecule is CC(O)CN1NC2(CCS(=O)(=O)CC2)CC1=O. The van der Waals surface area contributed by atoms with Crippen molar-refractivity contribution in [3.05, 3.63) is 0 Å². The predicted octanol–water partition coefficient (Wildman–Crippen LogP) is -0.948. The Morgan fingerprint density at radius 3 is 2.59 bits per heavy atom. The van der Waals surface area contributed by atoms with E-state index in [1.807, 2.05) is 0 Å². The zero-order chi connectivity index (χ0) is 12.7. The van der Waals surface area contributed by atoms with Crippen molar-refractivity contribution < 1.29 is 18.3 Å². The molecule has 98 valence electrons. The second-order valence-electron chi connectivity index (χ2n) is 5.07. The van der Waals surface area contributed by atoms with Crippen LogP contribution in [0.2, 0.25) is 0 Å². The van der Waals surface area contributed by atoms with E-state index in [0.717, 1.165) is 0 Å². The number of rotatable bonds is 2. The maximum Gasteiger partial charge on any atom is 0.238 e. The topological polar surface area (TPSA) is 86.7 Å². The van der Waals surface area contributed by atoms with Gasteiger partial charge in [-0.25, -0.2) is 13.8 Å². The number of nitrogens with one attached hydrogen (secondary N) is 1. The summed E-state index contributed by atoms with van der Waals surface area (Å²) in [4.78, 5) is 11.7. The van der Waals surface area contributed by atoms with Gasteiger partial charge in [-0.15, -0.1) is 0 Å². The molecule has 1 atom stereocenters. The first-order chi connectivity index (χ1) is 7.82. The minimum absolute atomic E-state index is 0.0646. The molecule has 2 aliphatic rings. The van der Waals surface area contributed by atoms with Gasteiger partial charge in [0.2, 0.25) is 5.91 Å². The first kappa shape index (κ1) is 12.8. The molecule has 7 heteroatoms. The minimum Gasteiger partial charge on any atom is -0.392 e. The lowest BCUT2D eigenvalue weighted by atomic mass is 9.91. The first-order valence-corrected chi connectivity index (χ1v) is 7.61. The number of hydrogen-bond acceptors (Lipinski definition) is 5. The fourth-order valence-corrected chi connectivity index (χ4v) is 4.01. The Morgan fingerprint density at radius 2 is 2.06 bits per heavy atom. The molecule has 2 saturated heterocycles. The Bertz CT molecular complexity index is 404. The summed E-state index contributed by atoms with van der Waals surface area (Å²) in [5.41, 5.74) is 2.68. The fourth-order valence-electron chi connectivity index (χ4n) is 2.40. The van der Waals surface area contributed by atoms with E-state index in [0.29, 0.717) is 19.3 Å². The number of carbonyl (C=O) groups excluding carboxylic acids is 1. The molecule has 2 fully saturated rings. The summed E-state index contributed by atoms with van der Waals surface area (Å²) in [5, 5.41) is 10.7. The van der Waals surface area contributed by atoms with Crippen molar-refractivity contribution in [3.8, 4) is 0 Å². The van der Waals surface area contributed by atoms with Gasteiger partial charge in [-0.05, 0) is 19.8 Å². The van der Waals surface area contributed by atoms with Crippen LogP contribution in [-0.2, 0) is 14.6 Å². The van der Waals surface area contributed by atoms with E-state index < -0.39 is 21.5 Å². The molecule has 0 aromatic carbocycles. The smallest absolute Gasteiger partial charge is 0.238 e. The molecule has 2 heterocycles. The highest BCUT2D eigenvalue weighted by molar-refractivity contribution is 7.91. The lowest BCUT2D eigenvalue weighted by Crippen LogP contribution is -2.51. The van der Waals surface area contributed by atoms with Crippen LogP contribution in [0, 0.1) is 0 Å². The average Bonchev–Trinajstić information content (AvgIpc) is 2.49. The molecule has 0 aromatic heterocycles. The normalized spacial score (nSPS) is 28.6. The largest absolute Gasteiger partial charge is 0.392 e. The van der Waals surface area contributed by atoms with Crippen LogP contribution < -0.4 is 5.43 Å². The van der Waals surface area contributed by atoms with Crippen LogP contribution >= 0.6 is 0 Å². The van der Waals surface area contributed by atoms with Gasteiger partial charge in [0.15, 0.2) is 0 Å². The Kier molecular flexibility index (Phi) is 3.17. The van der Waals surface area contributed by atoms with Crippen LogP contribution in [0.1, 0.15) is 26.2 Å². The minimum atomic E-state index is -2.92. The Balaban J connectivity index is 2.03. The second-order valence-corrected chi connectivity index (χ2v) is 7.38. The summed E-state index contributed by atoms with van der Waals surface area (Å²) < 4.78 is 22.7. The number of sulfone groups is 1. The number of aliphatic hydroxyl groups is 1. The van der Waals surface area contributed by atoms with E-state index in [1.165, 1.54) is 5.01 Å². The third-order valence-electron chi connectivity index (χ3n) is 3.39. The van der Waals surface area contributed by atoms with Gasteiger partial charge >= 0.3 is 0 Å². The van der Waals surface area contributed by atoms with E-state index in [1.54, 1.807) is 6.92 Å². The molecule has 2 rings (SSSR count). The van der Waals surface area contributed by atoms with E-state index >= 15 is 0 Å². The van der Waals surface area contributed by atoms with Crippen LogP contribution in [0.25, 0.3) is 0 Å². The van der Waals surface area contributed by atoms with E-state index in [2.05, 4.69) is 5.43 Å². The number of β-amino-alcohol motifs (C(OH)–C–C–N with tert-alkyl or cyclic N) is 1. The number of nitrogens with zero attached hydrogens (tertiary/aromatic N) is 1. The summed E-state index contributed by atoms with van der Waals surface area (Å²) in [6.45, 7) is 1.86. The maximum atomic E-state index is 11.7. The highest BCUT2D eigenvalue weighted by Crippen LogP contribution is 2.32.